The predicted octanol–water partition coefficient (Wildman–Crippen LogP) is 5.18. The maximum absolute atomic E-state index is 15.7. The molecule has 20 atom stereocenters. The molecular weight excluding hydrogens is 835 g/mol. The van der Waals surface area contributed by atoms with Crippen molar-refractivity contribution in [2.24, 2.45) is 69.8 Å². The van der Waals surface area contributed by atoms with Crippen LogP contribution in [0.5, 0.6) is 0 Å². The number of ether oxygens (including phenoxy) is 1. The van der Waals surface area contributed by atoms with E-state index >= 15 is 4.79 Å². The van der Waals surface area contributed by atoms with Crippen molar-refractivity contribution in [2.45, 2.75) is 209 Å². The van der Waals surface area contributed by atoms with Crippen LogP contribution in [0.25, 0.3) is 0 Å². The van der Waals surface area contributed by atoms with E-state index in [1.54, 1.807) is 6.92 Å². The summed E-state index contributed by atoms with van der Waals surface area (Å²) in [5.74, 6) is -1.84. The zero-order chi connectivity index (χ0) is 46.6. The summed E-state index contributed by atoms with van der Waals surface area (Å²) in [5.41, 5.74) is 1.31. The Morgan fingerprint density at radius 3 is 2.42 bits per heavy atom. The van der Waals surface area contributed by atoms with Gasteiger partial charge in [-0.3, -0.25) is 4.79 Å². The van der Waals surface area contributed by atoms with Gasteiger partial charge in [0, 0.05) is 35.9 Å². The summed E-state index contributed by atoms with van der Waals surface area (Å²) in [6, 6.07) is 0. The summed E-state index contributed by atoms with van der Waals surface area (Å²) in [7, 11) is 0. The molecule has 66 heavy (non-hydrogen) atoms. The molecule has 1 saturated heterocycles. The molecule has 10 rings (SSSR count). The molecule has 2 heterocycles. The Bertz CT molecular complexity index is 1960. The second-order valence-electron chi connectivity index (χ2n) is 24.0. The average Bonchev–Trinajstić information content (AvgIpc) is 3.63. The third-order valence-corrected chi connectivity index (χ3v) is 20.7. The fraction of sp³-hybridized carbons (Fsp3) is 0.833. The lowest BCUT2D eigenvalue weighted by molar-refractivity contribution is -0.266. The first kappa shape index (κ1) is 47.5. The van der Waals surface area contributed by atoms with Crippen molar-refractivity contribution >= 4 is 5.78 Å². The first-order valence-corrected chi connectivity index (χ1v) is 26.7. The minimum atomic E-state index is -1.76. The van der Waals surface area contributed by atoms with Gasteiger partial charge >= 0.3 is 0 Å². The van der Waals surface area contributed by atoms with Gasteiger partial charge in [0.05, 0.1) is 59.7 Å². The Morgan fingerprint density at radius 2 is 1.70 bits per heavy atom. The second-order valence-corrected chi connectivity index (χ2v) is 24.0. The van der Waals surface area contributed by atoms with Gasteiger partial charge in [0.2, 0.25) is 0 Å². The quantitative estimate of drug-likeness (QED) is 0.136. The Labute approximate surface area is 393 Å². The van der Waals surface area contributed by atoms with Crippen molar-refractivity contribution < 1.29 is 45.3 Å². The number of fused-ring (bicyclic) bond motifs is 5. The van der Waals surface area contributed by atoms with Crippen molar-refractivity contribution in [3.05, 3.63) is 47.3 Å². The number of carbonyl (C=O) groups excluding carboxylic acids is 1. The molecule has 1 spiro atoms. The number of dihydropyridines is 1. The fourth-order valence-corrected chi connectivity index (χ4v) is 17.9. The third kappa shape index (κ3) is 7.16. The highest BCUT2D eigenvalue weighted by atomic mass is 16.5. The highest BCUT2D eigenvalue weighted by Gasteiger charge is 2.78. The molecule has 10 aliphatic rings. The van der Waals surface area contributed by atoms with Crippen LogP contribution >= 0.6 is 0 Å². The number of hydrogen-bond donors (Lipinski definition) is 10. The van der Waals surface area contributed by atoms with E-state index in [9.17, 15) is 35.7 Å². The fourth-order valence-electron chi connectivity index (χ4n) is 17.9. The first-order chi connectivity index (χ1) is 31.5. The summed E-state index contributed by atoms with van der Waals surface area (Å²) in [6.45, 7) is 5.84. The van der Waals surface area contributed by atoms with Crippen LogP contribution in [-0.4, -0.2) is 108 Å². The topological polar surface area (TPSA) is 218 Å². The largest absolute Gasteiger partial charge is 0.393 e. The Kier molecular flexibility index (Phi) is 12.7. The van der Waals surface area contributed by atoms with Gasteiger partial charge in [-0.05, 0) is 162 Å². The van der Waals surface area contributed by atoms with E-state index in [1.807, 2.05) is 25.3 Å². The van der Waals surface area contributed by atoms with Crippen LogP contribution < -0.4 is 16.4 Å². The predicted molar refractivity (Wildman–Crippen MR) is 251 cm³/mol. The molecule has 11 N–H and O–H groups in total. The molecule has 8 aliphatic carbocycles. The van der Waals surface area contributed by atoms with E-state index in [0.717, 1.165) is 69.8 Å². The van der Waals surface area contributed by atoms with Crippen LogP contribution in [-0.2, 0) is 9.53 Å². The number of ketones is 1. The molecule has 7 fully saturated rings. The maximum Gasteiger partial charge on any atom is 0.182 e. The molecule has 0 aromatic heterocycles. The van der Waals surface area contributed by atoms with Crippen LogP contribution in [0.2, 0.25) is 0 Å². The molecule has 0 radical (unpaired) electrons. The van der Waals surface area contributed by atoms with E-state index in [1.165, 1.54) is 6.42 Å². The van der Waals surface area contributed by atoms with Gasteiger partial charge in [0.1, 0.15) is 5.60 Å². The van der Waals surface area contributed by atoms with Crippen LogP contribution in [0.4, 0.5) is 0 Å². The Hall–Kier alpha value is -2.13. The van der Waals surface area contributed by atoms with E-state index in [0.29, 0.717) is 49.3 Å². The van der Waals surface area contributed by atoms with E-state index in [4.69, 9.17) is 10.5 Å². The number of nitrogens with two attached hydrogens (primary N) is 1. The highest BCUT2D eigenvalue weighted by Crippen LogP contribution is 2.76. The van der Waals surface area contributed by atoms with Gasteiger partial charge < -0.3 is 56.8 Å². The number of rotatable bonds is 9. The van der Waals surface area contributed by atoms with Crippen molar-refractivity contribution in [1.29, 1.82) is 0 Å². The molecule has 0 aromatic carbocycles. The zero-order valence-corrected chi connectivity index (χ0v) is 40.0. The minimum absolute atomic E-state index is 0.0341. The number of aliphatic hydroxyl groups is 7. The molecule has 0 amide bonds. The molecule has 6 saturated carbocycles. The van der Waals surface area contributed by atoms with Gasteiger partial charge in [-0.25, -0.2) is 0 Å². The smallest absolute Gasteiger partial charge is 0.182 e. The second kappa shape index (κ2) is 17.6. The maximum atomic E-state index is 15.7. The zero-order valence-electron chi connectivity index (χ0n) is 40.0. The lowest BCUT2D eigenvalue weighted by Gasteiger charge is -2.67. The van der Waals surface area contributed by atoms with Gasteiger partial charge in [-0.2, -0.15) is 0 Å². The number of allylic oxidation sites excluding steroid dienone is 5. The van der Waals surface area contributed by atoms with Gasteiger partial charge in [0.15, 0.2) is 5.78 Å². The third-order valence-electron chi connectivity index (χ3n) is 20.7. The van der Waals surface area contributed by atoms with Crippen molar-refractivity contribution in [2.75, 3.05) is 6.54 Å². The summed E-state index contributed by atoms with van der Waals surface area (Å²) in [4.78, 5) is 15.7. The molecule has 20 unspecified atom stereocenters. The van der Waals surface area contributed by atoms with Gasteiger partial charge in [-0.15, -0.1) is 0 Å². The molecule has 0 aromatic rings. The van der Waals surface area contributed by atoms with Crippen LogP contribution in [0.1, 0.15) is 149 Å². The summed E-state index contributed by atoms with van der Waals surface area (Å²) in [6.07, 6.45) is 20.1. The number of nitrogens with one attached hydrogen (secondary N) is 2. The van der Waals surface area contributed by atoms with Crippen LogP contribution in [0.3, 0.4) is 0 Å². The normalized spacial score (nSPS) is 49.4. The van der Waals surface area contributed by atoms with Crippen molar-refractivity contribution in [3.8, 4) is 0 Å². The van der Waals surface area contributed by atoms with E-state index < -0.39 is 75.9 Å². The van der Waals surface area contributed by atoms with Crippen LogP contribution in [0.15, 0.2) is 47.3 Å². The van der Waals surface area contributed by atoms with Gasteiger partial charge in [-0.1, -0.05) is 63.7 Å². The molecule has 368 valence electrons. The van der Waals surface area contributed by atoms with Crippen LogP contribution in [0, 0.1) is 64.1 Å². The molecule has 12 nitrogen and oxygen atoms in total. The molecule has 12 heteroatoms. The number of Topliss-reactive ketones (excluding diaryl/α,β-unsaturated/α-hetero) is 1. The summed E-state index contributed by atoms with van der Waals surface area (Å²) in [5, 5.41) is 95.0. The number of aliphatic hydroxyl groups excluding tert-OH is 4. The summed E-state index contributed by atoms with van der Waals surface area (Å²) >= 11 is 0. The van der Waals surface area contributed by atoms with Crippen molar-refractivity contribution in [1.82, 2.24) is 10.6 Å². The molecular formula is C54H83N3O9. The standard InChI is InChI=1S/C54H83N3O9/c1-4-9-31-13-18-36-41(19-14-31)66-49-44(36)38(59)12-8-22-54(49,65)50(3,63)42-21-23-53(64)46-45-33(26-52(42,53)35-10-6-5-7-11-35)16-15-32(34-17-20-43(55)56-29-34)25-51(45)27-40(61)39(60)24-37(51)48(62)47(46)57-28-30(2)58/h15-17,20,29-33,35-45,49,56-61,63-65H,4-14,18-19,21-28,55H2,1-3H3. The Balaban J connectivity index is 1.14. The number of hydrogen-bond acceptors (Lipinski definition) is 12. The lowest BCUT2D eigenvalue weighted by atomic mass is 9.38. The van der Waals surface area contributed by atoms with Gasteiger partial charge in [0.25, 0.3) is 0 Å². The molecule has 0 bridgehead atoms. The SMILES string of the molecule is CCCC1CCC2OC3C(C(O)CCCC3(O)C(C)(O)C3CCC4(O)C5=C(NCC(C)O)C(=O)C6CC(O)C(O)CC67CC(C6=CNC(N)C=C6)C=CC(CC34C3CCCCC3)C57)C2CC1. The van der Waals surface area contributed by atoms with E-state index in [-0.39, 0.29) is 79.9 Å². The Morgan fingerprint density at radius 1 is 0.924 bits per heavy atom. The minimum Gasteiger partial charge on any atom is -0.393 e. The highest BCUT2D eigenvalue weighted by molar-refractivity contribution is 6.00. The lowest BCUT2D eigenvalue weighted by Crippen LogP contribution is -2.72. The summed E-state index contributed by atoms with van der Waals surface area (Å²) < 4.78 is 7.13. The molecule has 2 aliphatic heterocycles. The van der Waals surface area contributed by atoms with Crippen molar-refractivity contribution in [3.63, 3.8) is 0 Å². The van der Waals surface area contributed by atoms with E-state index in [2.05, 4.69) is 29.7 Å². The average molecular weight is 918 g/mol. The number of carbonyl (C=O) groups is 1. The first-order valence-electron chi connectivity index (χ1n) is 26.7. The monoisotopic (exact) mass is 918 g/mol.